The topological polar surface area (TPSA) is 81.4 Å². The summed E-state index contributed by atoms with van der Waals surface area (Å²) in [5.41, 5.74) is 4.41. The van der Waals surface area contributed by atoms with Crippen LogP contribution in [0, 0.1) is 0 Å². The van der Waals surface area contributed by atoms with Crippen LogP contribution in [0.5, 0.6) is 0 Å². The fourth-order valence-corrected chi connectivity index (χ4v) is 5.85. The van der Waals surface area contributed by atoms with Crippen molar-refractivity contribution in [2.45, 2.75) is 38.0 Å². The second-order valence-corrected chi connectivity index (χ2v) is 10.2. The average molecular weight is 510 g/mol. The molecular weight excluding hydrogens is 478 g/mol. The molecule has 8 nitrogen and oxygen atoms in total. The van der Waals surface area contributed by atoms with Crippen molar-refractivity contribution in [2.75, 3.05) is 19.6 Å². The van der Waals surface area contributed by atoms with Gasteiger partial charge in [-0.3, -0.25) is 4.90 Å². The number of aromatic carboxylic acids is 1. The molecule has 0 spiro atoms. The molecule has 0 aliphatic carbocycles. The van der Waals surface area contributed by atoms with E-state index in [0.29, 0.717) is 13.1 Å². The van der Waals surface area contributed by atoms with Crippen molar-refractivity contribution in [2.24, 2.45) is 0 Å². The molecule has 2 aliphatic heterocycles. The van der Waals surface area contributed by atoms with Gasteiger partial charge in [0.1, 0.15) is 5.65 Å². The lowest BCUT2D eigenvalue weighted by Gasteiger charge is -2.39. The molecule has 4 heterocycles. The van der Waals surface area contributed by atoms with E-state index in [1.807, 2.05) is 41.6 Å². The summed E-state index contributed by atoms with van der Waals surface area (Å²) in [6.07, 6.45) is 7.76. The SMILES string of the molecule is O=C(O)c1cccc(CN2C[C@@H](c3ccccc3)N(C3CCN(Cc4ccc5nccn5c4)CC3)C2=O)c1. The Morgan fingerprint density at radius 3 is 2.55 bits per heavy atom. The molecule has 1 N–H and O–H groups in total. The number of benzene rings is 2. The van der Waals surface area contributed by atoms with Crippen LogP contribution in [0.2, 0.25) is 0 Å². The number of carboxylic acids is 1. The minimum absolute atomic E-state index is 0.0217. The quantitative estimate of drug-likeness (QED) is 0.391. The van der Waals surface area contributed by atoms with E-state index >= 15 is 0 Å². The number of carbonyl (C=O) groups is 2. The third kappa shape index (κ3) is 4.87. The average Bonchev–Trinajstić information content (AvgIpc) is 3.54. The minimum Gasteiger partial charge on any atom is -0.478 e. The molecule has 4 aromatic rings. The van der Waals surface area contributed by atoms with Crippen LogP contribution in [-0.4, -0.2) is 66.9 Å². The van der Waals surface area contributed by atoms with Gasteiger partial charge in [0, 0.05) is 57.4 Å². The molecule has 2 aliphatic rings. The lowest BCUT2D eigenvalue weighted by molar-refractivity contribution is 0.0696. The van der Waals surface area contributed by atoms with Crippen LogP contribution in [0.3, 0.4) is 0 Å². The van der Waals surface area contributed by atoms with Crippen LogP contribution < -0.4 is 0 Å². The second-order valence-electron chi connectivity index (χ2n) is 10.2. The Labute approximate surface area is 221 Å². The molecule has 2 saturated heterocycles. The number of rotatable bonds is 7. The van der Waals surface area contributed by atoms with E-state index in [2.05, 4.69) is 49.6 Å². The van der Waals surface area contributed by atoms with Crippen LogP contribution in [0.25, 0.3) is 5.65 Å². The molecule has 0 bridgehead atoms. The number of likely N-dealkylation sites (tertiary alicyclic amines) is 1. The van der Waals surface area contributed by atoms with Crippen LogP contribution in [0.1, 0.15) is 45.9 Å². The predicted octanol–water partition coefficient (Wildman–Crippen LogP) is 4.68. The first kappa shape index (κ1) is 24.2. The zero-order chi connectivity index (χ0) is 26.1. The maximum absolute atomic E-state index is 13.8. The number of hydrogen-bond acceptors (Lipinski definition) is 4. The summed E-state index contributed by atoms with van der Waals surface area (Å²) in [7, 11) is 0. The number of fused-ring (bicyclic) bond motifs is 1. The van der Waals surface area contributed by atoms with E-state index in [-0.39, 0.29) is 23.7 Å². The Morgan fingerprint density at radius 1 is 0.947 bits per heavy atom. The Morgan fingerprint density at radius 2 is 1.76 bits per heavy atom. The fourth-order valence-electron chi connectivity index (χ4n) is 5.85. The van der Waals surface area contributed by atoms with Gasteiger partial charge in [-0.2, -0.15) is 0 Å². The molecule has 0 unspecified atom stereocenters. The Hall–Kier alpha value is -4.17. The minimum atomic E-state index is -0.958. The Bertz CT molecular complexity index is 1440. The molecular formula is C30H31N5O3. The molecule has 2 aromatic carbocycles. The molecule has 0 radical (unpaired) electrons. The highest BCUT2D eigenvalue weighted by molar-refractivity contribution is 5.87. The van der Waals surface area contributed by atoms with Crippen molar-refractivity contribution in [3.8, 4) is 0 Å². The highest BCUT2D eigenvalue weighted by atomic mass is 16.4. The first-order valence-electron chi connectivity index (χ1n) is 13.1. The summed E-state index contributed by atoms with van der Waals surface area (Å²) in [6.45, 7) is 3.72. The van der Waals surface area contributed by atoms with Gasteiger partial charge in [-0.15, -0.1) is 0 Å². The second kappa shape index (κ2) is 10.3. The van der Waals surface area contributed by atoms with E-state index < -0.39 is 5.97 Å². The third-order valence-corrected chi connectivity index (χ3v) is 7.76. The van der Waals surface area contributed by atoms with Crippen molar-refractivity contribution >= 4 is 17.6 Å². The van der Waals surface area contributed by atoms with Crippen molar-refractivity contribution in [1.29, 1.82) is 0 Å². The maximum Gasteiger partial charge on any atom is 0.335 e. The molecule has 2 aromatic heterocycles. The predicted molar refractivity (Wildman–Crippen MR) is 144 cm³/mol. The standard InChI is InChI=1S/C30H31N5O3/c36-29(37)25-8-4-5-22(17-25)19-34-21-27(24-6-2-1-3-7-24)35(30(34)38)26-11-14-32(15-12-26)18-23-9-10-28-31-13-16-33(28)20-23/h1-10,13,16-17,20,26-27H,11-12,14-15,18-19,21H2,(H,36,37)/t27-/m0/s1. The third-order valence-electron chi connectivity index (χ3n) is 7.76. The highest BCUT2D eigenvalue weighted by Gasteiger charge is 2.42. The zero-order valence-electron chi connectivity index (χ0n) is 21.2. The Kier molecular flexibility index (Phi) is 6.55. The van der Waals surface area contributed by atoms with Crippen LogP contribution in [0.15, 0.2) is 85.3 Å². The van der Waals surface area contributed by atoms with Gasteiger partial charge in [0.15, 0.2) is 0 Å². The molecule has 194 valence electrons. The molecule has 38 heavy (non-hydrogen) atoms. The number of piperidine rings is 1. The molecule has 2 amide bonds. The smallest absolute Gasteiger partial charge is 0.335 e. The van der Waals surface area contributed by atoms with Crippen molar-refractivity contribution < 1.29 is 14.7 Å². The van der Waals surface area contributed by atoms with Crippen LogP contribution in [0.4, 0.5) is 4.79 Å². The van der Waals surface area contributed by atoms with Crippen molar-refractivity contribution in [3.63, 3.8) is 0 Å². The van der Waals surface area contributed by atoms with E-state index in [1.54, 1.807) is 18.2 Å². The molecule has 6 rings (SSSR count). The molecule has 8 heteroatoms. The summed E-state index contributed by atoms with van der Waals surface area (Å²) in [6, 6.07) is 21.5. The first-order valence-corrected chi connectivity index (χ1v) is 13.1. The normalized spacial score (nSPS) is 18.9. The number of carbonyl (C=O) groups excluding carboxylic acids is 1. The van der Waals surface area contributed by atoms with Gasteiger partial charge in [0.25, 0.3) is 0 Å². The van der Waals surface area contributed by atoms with Gasteiger partial charge >= 0.3 is 12.0 Å². The Balaban J connectivity index is 1.17. The van der Waals surface area contributed by atoms with Crippen molar-refractivity contribution in [1.82, 2.24) is 24.1 Å². The van der Waals surface area contributed by atoms with E-state index in [1.165, 1.54) is 5.56 Å². The fraction of sp³-hybridized carbons (Fsp3) is 0.300. The zero-order valence-corrected chi connectivity index (χ0v) is 21.2. The summed E-state index contributed by atoms with van der Waals surface area (Å²) in [5, 5.41) is 9.38. The molecule has 0 saturated carbocycles. The first-order chi connectivity index (χ1) is 18.5. The summed E-state index contributed by atoms with van der Waals surface area (Å²) in [5.74, 6) is -0.958. The lowest BCUT2D eigenvalue weighted by atomic mass is 9.99. The number of carboxylic acid groups (broad SMARTS) is 1. The van der Waals surface area contributed by atoms with Gasteiger partial charge in [0.05, 0.1) is 11.6 Å². The van der Waals surface area contributed by atoms with E-state index in [4.69, 9.17) is 0 Å². The number of imidazole rings is 1. The maximum atomic E-state index is 13.8. The number of aromatic nitrogens is 2. The number of hydrogen-bond donors (Lipinski definition) is 1. The van der Waals surface area contributed by atoms with Gasteiger partial charge in [-0.1, -0.05) is 48.5 Å². The van der Waals surface area contributed by atoms with Gasteiger partial charge in [-0.25, -0.2) is 14.6 Å². The highest BCUT2D eigenvalue weighted by Crippen LogP contribution is 2.35. The molecule has 2 fully saturated rings. The van der Waals surface area contributed by atoms with E-state index in [0.717, 1.165) is 49.2 Å². The number of urea groups is 1. The van der Waals surface area contributed by atoms with Crippen molar-refractivity contribution in [3.05, 3.63) is 108 Å². The molecule has 1 atom stereocenters. The van der Waals surface area contributed by atoms with Gasteiger partial charge < -0.3 is 19.3 Å². The van der Waals surface area contributed by atoms with E-state index in [9.17, 15) is 14.7 Å². The van der Waals surface area contributed by atoms with Gasteiger partial charge in [-0.05, 0) is 47.7 Å². The summed E-state index contributed by atoms with van der Waals surface area (Å²) < 4.78 is 2.05. The number of amides is 2. The van der Waals surface area contributed by atoms with Crippen LogP contribution >= 0.6 is 0 Å². The number of nitrogens with zero attached hydrogens (tertiary/aromatic N) is 5. The van der Waals surface area contributed by atoms with Crippen LogP contribution in [-0.2, 0) is 13.1 Å². The van der Waals surface area contributed by atoms with Gasteiger partial charge in [0.2, 0.25) is 0 Å². The summed E-state index contributed by atoms with van der Waals surface area (Å²) >= 11 is 0. The monoisotopic (exact) mass is 509 g/mol. The largest absolute Gasteiger partial charge is 0.478 e. The number of pyridine rings is 1. The lowest BCUT2D eigenvalue weighted by Crippen LogP contribution is -2.47. The summed E-state index contributed by atoms with van der Waals surface area (Å²) in [4.78, 5) is 36.0.